The van der Waals surface area contributed by atoms with Crippen LogP contribution < -0.4 is 24.2 Å². The first-order chi connectivity index (χ1) is 30.5. The fraction of sp³-hybridized carbons (Fsp3) is 0.366. The van der Waals surface area contributed by atoms with Crippen LogP contribution in [0.1, 0.15) is 55.0 Å². The molecule has 0 aromatic carbocycles. The van der Waals surface area contributed by atoms with E-state index in [2.05, 4.69) is 25.3 Å². The number of nitrogens with zero attached hydrogens (tertiary/aromatic N) is 8. The summed E-state index contributed by atoms with van der Waals surface area (Å²) in [5.74, 6) is -1.47. The van der Waals surface area contributed by atoms with E-state index in [0.29, 0.717) is 69.5 Å². The average Bonchev–Trinajstić information content (AvgIpc) is 3.98. The molecule has 9 rings (SSSR count). The molecule has 2 amide bonds. The van der Waals surface area contributed by atoms with Crippen molar-refractivity contribution in [2.24, 2.45) is 0 Å². The van der Waals surface area contributed by atoms with E-state index in [-0.39, 0.29) is 62.3 Å². The van der Waals surface area contributed by atoms with Crippen LogP contribution in [0.3, 0.4) is 0 Å². The molecular formula is C41H45Cl7LiN9O10. The number of hydrogen-bond donors (Lipinski definition) is 2. The molecular weight excluding hydrogens is 1030 g/mol. The third kappa shape index (κ3) is 14.1. The van der Waals surface area contributed by atoms with Crippen LogP contribution in [0.15, 0.2) is 36.4 Å². The van der Waals surface area contributed by atoms with Crippen LogP contribution in [0.2, 0.25) is 30.5 Å². The molecule has 6 aromatic rings. The number of aliphatic hydroxyl groups is 1. The maximum Gasteiger partial charge on any atom is 1.00 e. The predicted octanol–water partition coefficient (Wildman–Crippen LogP) is 2.85. The van der Waals surface area contributed by atoms with E-state index >= 15 is 0 Å². The van der Waals surface area contributed by atoms with Crippen molar-refractivity contribution in [1.29, 1.82) is 0 Å². The Bertz CT molecular complexity index is 2780. The SMILES string of the molecule is C.CC(=O)OCC(=O)Cl.CC(=O)OCC(=O)N1CCc2nn3c(Cl)c(Cl)ccc3c2C1.Clc1ccc2c3c(nn2c1Cl)CCNC3.O.O=C(CO)N1CCc2nn3c(Cl)c(Cl)ccc3c2C1.[Li+].[OH-]. The first kappa shape index (κ1) is 60.2. The summed E-state index contributed by atoms with van der Waals surface area (Å²) < 4.78 is 13.9. The van der Waals surface area contributed by atoms with Gasteiger partial charge in [0.25, 0.3) is 11.1 Å². The molecule has 19 nitrogen and oxygen atoms in total. The van der Waals surface area contributed by atoms with Gasteiger partial charge in [0.1, 0.15) is 22.1 Å². The van der Waals surface area contributed by atoms with E-state index < -0.39 is 23.8 Å². The molecule has 3 aliphatic heterocycles. The molecule has 9 heterocycles. The van der Waals surface area contributed by atoms with Crippen LogP contribution in [0.5, 0.6) is 0 Å². The van der Waals surface area contributed by atoms with Gasteiger partial charge in [-0.15, -0.1) is 0 Å². The van der Waals surface area contributed by atoms with Crippen LogP contribution in [-0.2, 0) is 72.3 Å². The molecule has 0 spiro atoms. The topological polar surface area (TPSA) is 256 Å². The Morgan fingerprint density at radius 2 is 1.01 bits per heavy atom. The summed E-state index contributed by atoms with van der Waals surface area (Å²) in [5, 5.41) is 27.6. The second-order valence-electron chi connectivity index (χ2n) is 14.2. The maximum atomic E-state index is 12.1. The minimum atomic E-state index is -0.666. The van der Waals surface area contributed by atoms with Crippen molar-refractivity contribution in [2.45, 2.75) is 60.2 Å². The minimum absolute atomic E-state index is 0. The number of amides is 2. The van der Waals surface area contributed by atoms with Gasteiger partial charge in [-0.2, -0.15) is 15.3 Å². The molecule has 68 heavy (non-hydrogen) atoms. The van der Waals surface area contributed by atoms with Crippen molar-refractivity contribution in [3.05, 3.63) is 101 Å². The summed E-state index contributed by atoms with van der Waals surface area (Å²) in [4.78, 5) is 57.4. The predicted molar refractivity (Wildman–Crippen MR) is 253 cm³/mol. The number of ether oxygens (including phenoxy) is 2. The maximum absolute atomic E-state index is 12.1. The van der Waals surface area contributed by atoms with E-state index in [1.54, 1.807) is 35.5 Å². The van der Waals surface area contributed by atoms with Crippen molar-refractivity contribution in [3.63, 3.8) is 0 Å². The van der Waals surface area contributed by atoms with Gasteiger partial charge in [-0.1, -0.05) is 77.0 Å². The molecule has 5 N–H and O–H groups in total. The van der Waals surface area contributed by atoms with Crippen LogP contribution in [-0.4, -0.2) is 123 Å². The van der Waals surface area contributed by atoms with Gasteiger partial charge in [0.2, 0.25) is 5.91 Å². The Morgan fingerprint density at radius 1 is 0.632 bits per heavy atom. The number of aromatic nitrogens is 6. The summed E-state index contributed by atoms with van der Waals surface area (Å²) in [6.45, 7) is 5.21. The Morgan fingerprint density at radius 3 is 1.40 bits per heavy atom. The molecule has 0 aliphatic carbocycles. The molecule has 0 unspecified atom stereocenters. The summed E-state index contributed by atoms with van der Waals surface area (Å²) in [5.41, 5.74) is 8.82. The van der Waals surface area contributed by atoms with E-state index in [1.807, 2.05) is 24.3 Å². The first-order valence-corrected chi connectivity index (χ1v) is 22.0. The molecule has 0 saturated carbocycles. The van der Waals surface area contributed by atoms with Crippen molar-refractivity contribution in [2.75, 3.05) is 39.5 Å². The zero-order valence-corrected chi connectivity index (χ0v) is 41.2. The zero-order valence-electron chi connectivity index (χ0n) is 35.9. The largest absolute Gasteiger partial charge is 1.00 e. The molecule has 0 atom stereocenters. The van der Waals surface area contributed by atoms with Crippen LogP contribution >= 0.6 is 81.2 Å². The van der Waals surface area contributed by atoms with E-state index in [0.717, 1.165) is 64.3 Å². The van der Waals surface area contributed by atoms with Crippen LogP contribution in [0.4, 0.5) is 0 Å². The molecule has 3 aliphatic rings. The summed E-state index contributed by atoms with van der Waals surface area (Å²) in [6.07, 6.45) is 2.22. The van der Waals surface area contributed by atoms with Gasteiger partial charge in [0.05, 0.1) is 48.7 Å². The smallest absolute Gasteiger partial charge is 0.870 e. The number of nitrogens with one attached hydrogen (secondary N) is 1. The fourth-order valence-electron chi connectivity index (χ4n) is 6.98. The Balaban J connectivity index is 0.000000319. The van der Waals surface area contributed by atoms with Gasteiger partial charge in [-0.3, -0.25) is 24.0 Å². The second-order valence-corrected chi connectivity index (χ2v) is 16.9. The Hall–Kier alpha value is -3.91. The number of pyridine rings is 3. The third-order valence-electron chi connectivity index (χ3n) is 10.0. The monoisotopic (exact) mass is 1080 g/mol. The quantitative estimate of drug-likeness (QED) is 0.109. The number of rotatable bonds is 5. The minimum Gasteiger partial charge on any atom is -0.870 e. The molecule has 0 fully saturated rings. The number of carbonyl (C=O) groups is 5. The summed E-state index contributed by atoms with van der Waals surface area (Å²) in [7, 11) is 0. The van der Waals surface area contributed by atoms with Gasteiger partial charge < -0.3 is 40.6 Å². The summed E-state index contributed by atoms with van der Waals surface area (Å²) in [6, 6.07) is 10.9. The van der Waals surface area contributed by atoms with Gasteiger partial charge in [-0.05, 0) is 48.0 Å². The number of carbonyl (C=O) groups excluding carboxylic acids is 5. The number of aliphatic hydroxyl groups excluding tert-OH is 1. The first-order valence-electron chi connectivity index (χ1n) is 19.3. The van der Waals surface area contributed by atoms with Gasteiger partial charge in [0.15, 0.2) is 13.2 Å². The van der Waals surface area contributed by atoms with Gasteiger partial charge in [-0.25, -0.2) is 13.5 Å². The normalized spacial score (nSPS) is 13.1. The third-order valence-corrected chi connectivity index (χ3v) is 12.4. The molecule has 0 radical (unpaired) electrons. The molecule has 0 bridgehead atoms. The average molecular weight is 1080 g/mol. The van der Waals surface area contributed by atoms with Crippen LogP contribution in [0.25, 0.3) is 16.6 Å². The molecule has 27 heteroatoms. The summed E-state index contributed by atoms with van der Waals surface area (Å²) >= 11 is 41.1. The van der Waals surface area contributed by atoms with Crippen LogP contribution in [0, 0.1) is 0 Å². The zero-order chi connectivity index (χ0) is 46.4. The van der Waals surface area contributed by atoms with E-state index in [1.165, 1.54) is 19.4 Å². The van der Waals surface area contributed by atoms with Gasteiger partial charge in [0, 0.05) is 89.1 Å². The van der Waals surface area contributed by atoms with Crippen molar-refractivity contribution >= 4 is 127 Å². The van der Waals surface area contributed by atoms with E-state index in [4.69, 9.17) is 91.0 Å². The molecule has 0 saturated heterocycles. The Labute approximate surface area is 436 Å². The number of esters is 2. The van der Waals surface area contributed by atoms with Crippen molar-refractivity contribution in [3.8, 4) is 0 Å². The van der Waals surface area contributed by atoms with E-state index in [9.17, 15) is 24.0 Å². The standard InChI is InChI=1S/C14H13Cl2N3O3.C12H11Cl2N3O2.C10H9Cl2N3.C4H5ClO3.CH4.Li.2H2O/c1-8(20)22-7-13(21)18-5-4-11-9(6-18)12-3-2-10(15)14(16)19(12)17-11;13-8-1-2-10-7-5-16(11(19)6-18)4-3-9(7)15-17(10)12(8)14;11-7-1-2-9-6-5-13-4-3-8(6)14-15(9)10(7)12;1-3(6)8-2-4(5)7;;;;/h2-3H,4-7H2,1H3;1-2,18H,3-6H2;1-2,13H,3-5H2;2H2,1H3;1H4;;2*1H2/q;;;;;+1;;/p-1. The van der Waals surface area contributed by atoms with Crippen molar-refractivity contribution in [1.82, 2.24) is 44.0 Å². The molecule has 364 valence electrons. The molecule has 6 aromatic heterocycles. The number of hydrogen-bond acceptors (Lipinski definition) is 13. The fourth-order valence-corrected chi connectivity index (χ4v) is 8.04. The Kier molecular flexibility index (Phi) is 23.8. The van der Waals surface area contributed by atoms with Crippen molar-refractivity contribution < 1.29 is 68.4 Å². The van der Waals surface area contributed by atoms with Gasteiger partial charge >= 0.3 is 30.8 Å². The number of halogens is 7. The number of fused-ring (bicyclic) bond motifs is 9. The second kappa shape index (κ2) is 26.9.